The normalized spacial score (nSPS) is 12.4. The van der Waals surface area contributed by atoms with E-state index < -0.39 is 23.5 Å². The number of carboxylic acid groups (broad SMARTS) is 1. The summed E-state index contributed by atoms with van der Waals surface area (Å²) in [7, 11) is 0. The minimum Gasteiger partial charge on any atom is -0.481 e. The maximum absolute atomic E-state index is 13.5. The monoisotopic (exact) mass is 269 g/mol. The summed E-state index contributed by atoms with van der Waals surface area (Å²) in [5.74, 6) is -3.11. The third-order valence-corrected chi connectivity index (χ3v) is 3.50. The van der Waals surface area contributed by atoms with Crippen LogP contribution < -0.4 is 0 Å². The van der Waals surface area contributed by atoms with Crippen molar-refractivity contribution in [2.75, 3.05) is 0 Å². The predicted molar refractivity (Wildman–Crippen MR) is 63.5 cm³/mol. The van der Waals surface area contributed by atoms with E-state index in [2.05, 4.69) is 4.98 Å². The number of thiazole rings is 1. The lowest BCUT2D eigenvalue weighted by Gasteiger charge is -2.01. The summed E-state index contributed by atoms with van der Waals surface area (Å²) < 4.78 is 26.3. The van der Waals surface area contributed by atoms with Gasteiger partial charge in [0, 0.05) is 17.0 Å². The lowest BCUT2D eigenvalue weighted by Crippen LogP contribution is -2.06. The molecule has 0 saturated heterocycles. The number of hydrogen-bond acceptors (Lipinski definition) is 3. The second-order valence-electron chi connectivity index (χ2n) is 3.76. The molecule has 0 aliphatic carbocycles. The second kappa shape index (κ2) is 4.81. The van der Waals surface area contributed by atoms with Crippen molar-refractivity contribution < 1.29 is 18.7 Å². The summed E-state index contributed by atoms with van der Waals surface area (Å²) in [5, 5.41) is 10.8. The first-order valence-corrected chi connectivity index (χ1v) is 6.00. The Bertz CT molecular complexity index is 598. The molecule has 0 aliphatic heterocycles. The highest BCUT2D eigenvalue weighted by Gasteiger charge is 2.19. The molecular formula is C12H9F2NO2S. The van der Waals surface area contributed by atoms with Crippen molar-refractivity contribution in [2.24, 2.45) is 0 Å². The van der Waals surface area contributed by atoms with Crippen LogP contribution in [-0.2, 0) is 4.79 Å². The SMILES string of the molecule is CC(C(=O)O)c1nc(-c2ccc(F)cc2F)cs1. The predicted octanol–water partition coefficient (Wildman–Crippen LogP) is 3.28. The quantitative estimate of drug-likeness (QED) is 0.930. The van der Waals surface area contributed by atoms with Crippen LogP contribution in [0, 0.1) is 11.6 Å². The molecule has 1 aromatic carbocycles. The molecule has 0 aliphatic rings. The highest BCUT2D eigenvalue weighted by atomic mass is 32.1. The lowest BCUT2D eigenvalue weighted by molar-refractivity contribution is -0.138. The van der Waals surface area contributed by atoms with E-state index in [1.807, 2.05) is 0 Å². The van der Waals surface area contributed by atoms with Crippen molar-refractivity contribution in [1.82, 2.24) is 4.98 Å². The molecule has 18 heavy (non-hydrogen) atoms. The molecule has 0 spiro atoms. The molecule has 0 saturated carbocycles. The number of benzene rings is 1. The first kappa shape index (κ1) is 12.6. The summed E-state index contributed by atoms with van der Waals surface area (Å²) in [4.78, 5) is 14.9. The van der Waals surface area contributed by atoms with Crippen LogP contribution in [0.1, 0.15) is 17.8 Å². The van der Waals surface area contributed by atoms with E-state index in [-0.39, 0.29) is 5.56 Å². The van der Waals surface area contributed by atoms with Crippen molar-refractivity contribution in [3.8, 4) is 11.3 Å². The number of carboxylic acids is 1. The van der Waals surface area contributed by atoms with E-state index in [0.29, 0.717) is 10.7 Å². The molecule has 2 aromatic rings. The highest BCUT2D eigenvalue weighted by Crippen LogP contribution is 2.28. The van der Waals surface area contributed by atoms with Crippen molar-refractivity contribution in [3.63, 3.8) is 0 Å². The molecule has 1 atom stereocenters. The van der Waals surface area contributed by atoms with Crippen LogP contribution in [0.3, 0.4) is 0 Å². The Balaban J connectivity index is 2.38. The van der Waals surface area contributed by atoms with Gasteiger partial charge >= 0.3 is 5.97 Å². The van der Waals surface area contributed by atoms with Crippen LogP contribution in [-0.4, -0.2) is 16.1 Å². The fraction of sp³-hybridized carbons (Fsp3) is 0.167. The Morgan fingerprint density at radius 1 is 1.44 bits per heavy atom. The van der Waals surface area contributed by atoms with E-state index in [4.69, 9.17) is 5.11 Å². The Morgan fingerprint density at radius 3 is 2.78 bits per heavy atom. The minimum atomic E-state index is -0.990. The molecule has 6 heteroatoms. The smallest absolute Gasteiger partial charge is 0.313 e. The maximum atomic E-state index is 13.5. The van der Waals surface area contributed by atoms with Gasteiger partial charge in [-0.3, -0.25) is 4.79 Å². The minimum absolute atomic E-state index is 0.163. The van der Waals surface area contributed by atoms with Crippen LogP contribution >= 0.6 is 11.3 Å². The summed E-state index contributed by atoms with van der Waals surface area (Å²) in [6.45, 7) is 1.51. The Morgan fingerprint density at radius 2 is 2.17 bits per heavy atom. The van der Waals surface area contributed by atoms with Gasteiger partial charge in [-0.15, -0.1) is 11.3 Å². The highest BCUT2D eigenvalue weighted by molar-refractivity contribution is 7.10. The van der Waals surface area contributed by atoms with Crippen LogP contribution in [0.5, 0.6) is 0 Å². The average molecular weight is 269 g/mol. The molecule has 2 rings (SSSR count). The van der Waals surface area contributed by atoms with Gasteiger partial charge in [-0.2, -0.15) is 0 Å². The number of halogens is 2. The van der Waals surface area contributed by atoms with Crippen LogP contribution in [0.25, 0.3) is 11.3 Å². The zero-order valence-electron chi connectivity index (χ0n) is 9.35. The molecule has 3 nitrogen and oxygen atoms in total. The molecular weight excluding hydrogens is 260 g/mol. The molecule has 0 radical (unpaired) electrons. The van der Waals surface area contributed by atoms with Gasteiger partial charge in [-0.1, -0.05) is 0 Å². The molecule has 0 amide bonds. The van der Waals surface area contributed by atoms with Crippen LogP contribution in [0.15, 0.2) is 23.6 Å². The van der Waals surface area contributed by atoms with Gasteiger partial charge in [0.25, 0.3) is 0 Å². The van der Waals surface area contributed by atoms with Gasteiger partial charge in [0.1, 0.15) is 22.6 Å². The summed E-state index contributed by atoms with van der Waals surface area (Å²) in [6, 6.07) is 3.20. The molecule has 1 aromatic heterocycles. The van der Waals surface area contributed by atoms with Crippen LogP contribution in [0.2, 0.25) is 0 Å². The van der Waals surface area contributed by atoms with Crippen molar-refractivity contribution >= 4 is 17.3 Å². The fourth-order valence-electron chi connectivity index (χ4n) is 1.41. The lowest BCUT2D eigenvalue weighted by atomic mass is 10.1. The number of aliphatic carboxylic acids is 1. The fourth-order valence-corrected chi connectivity index (χ4v) is 2.28. The number of carbonyl (C=O) groups is 1. The number of nitrogens with zero attached hydrogens (tertiary/aromatic N) is 1. The Labute approximate surface area is 106 Å². The topological polar surface area (TPSA) is 50.2 Å². The number of hydrogen-bond donors (Lipinski definition) is 1. The third-order valence-electron chi connectivity index (χ3n) is 2.47. The molecule has 0 fully saturated rings. The first-order chi connectivity index (χ1) is 8.49. The zero-order valence-corrected chi connectivity index (χ0v) is 10.2. The first-order valence-electron chi connectivity index (χ1n) is 5.12. The van der Waals surface area contributed by atoms with E-state index in [0.717, 1.165) is 23.5 Å². The van der Waals surface area contributed by atoms with E-state index >= 15 is 0 Å². The standard InChI is InChI=1S/C12H9F2NO2S/c1-6(12(16)17)11-15-10(5-18-11)8-3-2-7(13)4-9(8)14/h2-6H,1H3,(H,16,17). The summed E-state index contributed by atoms with van der Waals surface area (Å²) >= 11 is 1.14. The molecule has 0 bridgehead atoms. The van der Waals surface area contributed by atoms with Gasteiger partial charge in [0.2, 0.25) is 0 Å². The third kappa shape index (κ3) is 2.38. The Kier molecular flexibility index (Phi) is 3.38. The number of aromatic nitrogens is 1. The molecule has 1 heterocycles. The molecule has 94 valence electrons. The number of rotatable bonds is 3. The van der Waals surface area contributed by atoms with E-state index in [9.17, 15) is 13.6 Å². The van der Waals surface area contributed by atoms with Crippen molar-refractivity contribution in [3.05, 3.63) is 40.2 Å². The second-order valence-corrected chi connectivity index (χ2v) is 4.64. The van der Waals surface area contributed by atoms with Crippen molar-refractivity contribution in [1.29, 1.82) is 0 Å². The average Bonchev–Trinajstić information content (AvgIpc) is 2.77. The molecule has 1 unspecified atom stereocenters. The van der Waals surface area contributed by atoms with Gasteiger partial charge in [-0.05, 0) is 19.1 Å². The zero-order chi connectivity index (χ0) is 13.3. The summed E-state index contributed by atoms with van der Waals surface area (Å²) in [5.41, 5.74) is 0.483. The van der Waals surface area contributed by atoms with Gasteiger partial charge in [0.15, 0.2) is 0 Å². The molecule has 1 N–H and O–H groups in total. The van der Waals surface area contributed by atoms with Gasteiger partial charge < -0.3 is 5.11 Å². The summed E-state index contributed by atoms with van der Waals surface area (Å²) in [6.07, 6.45) is 0. The maximum Gasteiger partial charge on any atom is 0.313 e. The van der Waals surface area contributed by atoms with E-state index in [1.54, 1.807) is 5.38 Å². The van der Waals surface area contributed by atoms with Crippen LogP contribution in [0.4, 0.5) is 8.78 Å². The van der Waals surface area contributed by atoms with Crippen molar-refractivity contribution in [2.45, 2.75) is 12.8 Å². The largest absolute Gasteiger partial charge is 0.481 e. The van der Waals surface area contributed by atoms with Gasteiger partial charge in [0.05, 0.1) is 5.69 Å². The van der Waals surface area contributed by atoms with Gasteiger partial charge in [-0.25, -0.2) is 13.8 Å². The van der Waals surface area contributed by atoms with E-state index in [1.165, 1.54) is 13.0 Å². The Hall–Kier alpha value is -1.82.